The van der Waals surface area contributed by atoms with Crippen LogP contribution in [0.3, 0.4) is 0 Å². The van der Waals surface area contributed by atoms with Crippen LogP contribution < -0.4 is 5.32 Å². The third kappa shape index (κ3) is 2.52. The zero-order valence-electron chi connectivity index (χ0n) is 12.2. The van der Waals surface area contributed by atoms with Crippen molar-refractivity contribution < 1.29 is 4.79 Å². The molecule has 3 aromatic rings. The lowest BCUT2D eigenvalue weighted by Gasteiger charge is -2.11. The van der Waals surface area contributed by atoms with E-state index < -0.39 is 0 Å². The summed E-state index contributed by atoms with van der Waals surface area (Å²) in [5, 5.41) is 5.21. The van der Waals surface area contributed by atoms with Crippen LogP contribution in [0.15, 0.2) is 60.7 Å². The lowest BCUT2D eigenvalue weighted by atomic mass is 10.0. The first-order valence-electron chi connectivity index (χ1n) is 7.02. The first-order chi connectivity index (χ1) is 10.2. The number of carbonyl (C=O) groups is 1. The van der Waals surface area contributed by atoms with E-state index in [4.69, 9.17) is 0 Å². The van der Waals surface area contributed by atoms with Gasteiger partial charge in [-0.25, -0.2) is 0 Å². The highest BCUT2D eigenvalue weighted by Gasteiger charge is 2.11. The van der Waals surface area contributed by atoms with E-state index in [1.807, 2.05) is 74.5 Å². The predicted molar refractivity (Wildman–Crippen MR) is 87.8 cm³/mol. The van der Waals surface area contributed by atoms with Gasteiger partial charge in [-0.05, 0) is 42.5 Å². The Morgan fingerprint density at radius 1 is 0.857 bits per heavy atom. The molecule has 0 saturated carbocycles. The third-order valence-corrected chi connectivity index (χ3v) is 3.89. The monoisotopic (exact) mass is 275 g/mol. The number of nitrogens with one attached hydrogen (secondary N) is 1. The lowest BCUT2D eigenvalue weighted by molar-refractivity contribution is 0.102. The highest BCUT2D eigenvalue weighted by Crippen LogP contribution is 2.24. The summed E-state index contributed by atoms with van der Waals surface area (Å²) >= 11 is 0. The first kappa shape index (κ1) is 13.4. The molecule has 1 N–H and O–H groups in total. The maximum Gasteiger partial charge on any atom is 0.255 e. The van der Waals surface area contributed by atoms with Gasteiger partial charge in [0.25, 0.3) is 5.91 Å². The summed E-state index contributed by atoms with van der Waals surface area (Å²) in [6.45, 7) is 4.00. The molecule has 3 rings (SSSR count). The van der Waals surface area contributed by atoms with Gasteiger partial charge < -0.3 is 5.32 Å². The van der Waals surface area contributed by atoms with Crippen molar-refractivity contribution in [2.45, 2.75) is 13.8 Å². The van der Waals surface area contributed by atoms with E-state index in [9.17, 15) is 4.79 Å². The normalized spacial score (nSPS) is 10.6. The maximum absolute atomic E-state index is 12.5. The molecular formula is C19H17NO. The SMILES string of the molecule is Cc1cccc(C(=O)Nc2cccc3ccccc23)c1C. The zero-order chi connectivity index (χ0) is 14.8. The molecule has 0 heterocycles. The van der Waals surface area contributed by atoms with E-state index in [0.29, 0.717) is 0 Å². The standard InChI is InChI=1S/C19H17NO/c1-13-7-5-11-16(14(13)2)19(21)20-18-12-6-9-15-8-3-4-10-17(15)18/h3-12H,1-2H3,(H,20,21). The smallest absolute Gasteiger partial charge is 0.255 e. The molecule has 0 fully saturated rings. The molecule has 2 heteroatoms. The van der Waals surface area contributed by atoms with Crippen molar-refractivity contribution >= 4 is 22.4 Å². The molecule has 0 aromatic heterocycles. The van der Waals surface area contributed by atoms with Crippen molar-refractivity contribution in [2.24, 2.45) is 0 Å². The molecule has 104 valence electrons. The molecule has 0 aliphatic carbocycles. The fourth-order valence-electron chi connectivity index (χ4n) is 2.52. The van der Waals surface area contributed by atoms with Gasteiger partial charge >= 0.3 is 0 Å². The van der Waals surface area contributed by atoms with Crippen molar-refractivity contribution in [2.75, 3.05) is 5.32 Å². The second-order valence-electron chi connectivity index (χ2n) is 5.23. The summed E-state index contributed by atoms with van der Waals surface area (Å²) in [4.78, 5) is 12.5. The second-order valence-corrected chi connectivity index (χ2v) is 5.23. The van der Waals surface area contributed by atoms with Gasteiger partial charge in [0.15, 0.2) is 0 Å². The summed E-state index contributed by atoms with van der Waals surface area (Å²) in [5.74, 6) is -0.0625. The first-order valence-corrected chi connectivity index (χ1v) is 7.02. The summed E-state index contributed by atoms with van der Waals surface area (Å²) in [5.41, 5.74) is 3.72. The average molecular weight is 275 g/mol. The number of benzene rings is 3. The molecule has 0 unspecified atom stereocenters. The van der Waals surface area contributed by atoms with Crippen molar-refractivity contribution in [3.8, 4) is 0 Å². The molecule has 2 nitrogen and oxygen atoms in total. The summed E-state index contributed by atoms with van der Waals surface area (Å²) < 4.78 is 0. The number of hydrogen-bond acceptors (Lipinski definition) is 1. The van der Waals surface area contributed by atoms with Gasteiger partial charge in [0.1, 0.15) is 0 Å². The fourth-order valence-corrected chi connectivity index (χ4v) is 2.52. The molecule has 21 heavy (non-hydrogen) atoms. The van der Waals surface area contributed by atoms with E-state index in [2.05, 4.69) is 5.32 Å². The molecule has 3 aromatic carbocycles. The molecule has 0 radical (unpaired) electrons. The van der Waals surface area contributed by atoms with E-state index in [0.717, 1.165) is 33.2 Å². The Labute approximate surface area is 124 Å². The van der Waals surface area contributed by atoms with Crippen molar-refractivity contribution in [3.63, 3.8) is 0 Å². The Hall–Kier alpha value is -2.61. The molecule has 0 saturated heterocycles. The van der Waals surface area contributed by atoms with Gasteiger partial charge in [-0.1, -0.05) is 48.5 Å². The van der Waals surface area contributed by atoms with Crippen LogP contribution in [0.5, 0.6) is 0 Å². The van der Waals surface area contributed by atoms with Gasteiger partial charge in [0.2, 0.25) is 0 Å². The number of rotatable bonds is 2. The van der Waals surface area contributed by atoms with Gasteiger partial charge in [0, 0.05) is 16.6 Å². The maximum atomic E-state index is 12.5. The minimum Gasteiger partial charge on any atom is -0.321 e. The molecule has 1 amide bonds. The molecular weight excluding hydrogens is 258 g/mol. The fraction of sp³-hybridized carbons (Fsp3) is 0.105. The van der Waals surface area contributed by atoms with Gasteiger partial charge in [-0.2, -0.15) is 0 Å². The van der Waals surface area contributed by atoms with E-state index in [-0.39, 0.29) is 5.91 Å². The van der Waals surface area contributed by atoms with Crippen LogP contribution in [0, 0.1) is 13.8 Å². The Bertz CT molecular complexity index is 815. The van der Waals surface area contributed by atoms with E-state index in [1.54, 1.807) is 0 Å². The Morgan fingerprint density at radius 3 is 2.43 bits per heavy atom. The van der Waals surface area contributed by atoms with E-state index >= 15 is 0 Å². The number of hydrogen-bond donors (Lipinski definition) is 1. The summed E-state index contributed by atoms with van der Waals surface area (Å²) in [6, 6.07) is 19.8. The topological polar surface area (TPSA) is 29.1 Å². The number of amides is 1. The Balaban J connectivity index is 1.99. The van der Waals surface area contributed by atoms with Gasteiger partial charge in [0.05, 0.1) is 0 Å². The predicted octanol–water partition coefficient (Wildman–Crippen LogP) is 4.71. The number of fused-ring (bicyclic) bond motifs is 1. The number of anilines is 1. The van der Waals surface area contributed by atoms with Crippen LogP contribution in [0.1, 0.15) is 21.5 Å². The lowest BCUT2D eigenvalue weighted by Crippen LogP contribution is -2.14. The molecule has 0 spiro atoms. The summed E-state index contributed by atoms with van der Waals surface area (Å²) in [6.07, 6.45) is 0. The second kappa shape index (κ2) is 5.41. The van der Waals surface area contributed by atoms with Crippen molar-refractivity contribution in [1.29, 1.82) is 0 Å². The highest BCUT2D eigenvalue weighted by molar-refractivity contribution is 6.09. The molecule has 0 aliphatic rings. The van der Waals surface area contributed by atoms with Crippen LogP contribution in [0.25, 0.3) is 10.8 Å². The molecule has 0 aliphatic heterocycles. The van der Waals surface area contributed by atoms with Gasteiger partial charge in [-0.15, -0.1) is 0 Å². The van der Waals surface area contributed by atoms with Gasteiger partial charge in [-0.3, -0.25) is 4.79 Å². The molecule has 0 bridgehead atoms. The van der Waals surface area contributed by atoms with Crippen LogP contribution in [0.2, 0.25) is 0 Å². The molecule has 0 atom stereocenters. The average Bonchev–Trinajstić information content (AvgIpc) is 2.50. The largest absolute Gasteiger partial charge is 0.321 e. The Morgan fingerprint density at radius 2 is 1.57 bits per heavy atom. The van der Waals surface area contributed by atoms with Crippen LogP contribution in [-0.2, 0) is 0 Å². The van der Waals surface area contributed by atoms with E-state index in [1.165, 1.54) is 0 Å². The van der Waals surface area contributed by atoms with Crippen molar-refractivity contribution in [3.05, 3.63) is 77.4 Å². The minimum atomic E-state index is -0.0625. The summed E-state index contributed by atoms with van der Waals surface area (Å²) in [7, 11) is 0. The van der Waals surface area contributed by atoms with Crippen LogP contribution in [-0.4, -0.2) is 5.91 Å². The third-order valence-electron chi connectivity index (χ3n) is 3.89. The van der Waals surface area contributed by atoms with Crippen LogP contribution >= 0.6 is 0 Å². The highest BCUT2D eigenvalue weighted by atomic mass is 16.1. The quantitative estimate of drug-likeness (QED) is 0.721. The van der Waals surface area contributed by atoms with Crippen molar-refractivity contribution in [1.82, 2.24) is 0 Å². The minimum absolute atomic E-state index is 0.0625. The zero-order valence-corrected chi connectivity index (χ0v) is 12.2. The van der Waals surface area contributed by atoms with Crippen LogP contribution in [0.4, 0.5) is 5.69 Å². The number of carbonyl (C=O) groups excluding carboxylic acids is 1. The Kier molecular flexibility index (Phi) is 3.44. The number of aryl methyl sites for hydroxylation is 1.